The summed E-state index contributed by atoms with van der Waals surface area (Å²) in [7, 11) is 0. The fraction of sp³-hybridized carbons (Fsp3) is 0.533. The Hall–Kier alpha value is -0.680. The number of piperazine rings is 1. The number of benzene rings is 1. The molecule has 0 amide bonds. The summed E-state index contributed by atoms with van der Waals surface area (Å²) >= 11 is 1.79. The van der Waals surface area contributed by atoms with E-state index in [1.807, 2.05) is 0 Å². The van der Waals surface area contributed by atoms with Crippen molar-refractivity contribution in [2.45, 2.75) is 39.4 Å². The maximum absolute atomic E-state index is 4.52. The Morgan fingerprint density at radius 3 is 3.00 bits per heavy atom. The van der Waals surface area contributed by atoms with Gasteiger partial charge >= 0.3 is 0 Å². The van der Waals surface area contributed by atoms with Crippen LogP contribution in [-0.2, 0) is 6.54 Å². The molecule has 1 aliphatic heterocycles. The third-order valence-electron chi connectivity index (χ3n) is 3.84. The summed E-state index contributed by atoms with van der Waals surface area (Å²) in [5.41, 5.74) is 2.53. The van der Waals surface area contributed by atoms with Crippen LogP contribution in [-0.4, -0.2) is 35.1 Å². The first-order valence-corrected chi connectivity index (χ1v) is 7.77. The minimum atomic E-state index is 0. The number of fused-ring (bicyclic) bond motifs is 1. The second kappa shape index (κ2) is 6.39. The number of rotatable bonds is 2. The van der Waals surface area contributed by atoms with E-state index in [1.54, 1.807) is 11.3 Å². The highest BCUT2D eigenvalue weighted by atomic mass is 35.5. The second-order valence-corrected chi connectivity index (χ2v) is 6.86. The standard InChI is InChI=1S/C15H21N3S.ClH/c1-10-8-18(11(2)7-16-10)9-13-4-5-14-15(6-13)19-12(3)17-14;/h4-6,10-11,16H,7-9H2,1-3H3;1H. The molecule has 0 saturated carbocycles. The molecule has 1 saturated heterocycles. The van der Waals surface area contributed by atoms with E-state index in [0.717, 1.165) is 30.2 Å². The number of aryl methyl sites for hydroxylation is 1. The minimum absolute atomic E-state index is 0. The number of thiazole rings is 1. The summed E-state index contributed by atoms with van der Waals surface area (Å²) in [5.74, 6) is 0. The predicted octanol–water partition coefficient (Wildman–Crippen LogP) is 3.21. The highest BCUT2D eigenvalue weighted by molar-refractivity contribution is 7.18. The van der Waals surface area contributed by atoms with Gasteiger partial charge in [0.15, 0.2) is 0 Å². The Balaban J connectivity index is 0.00000147. The molecular formula is C15H22ClN3S. The summed E-state index contributed by atoms with van der Waals surface area (Å²) in [6.45, 7) is 9.89. The number of nitrogens with zero attached hydrogens (tertiary/aromatic N) is 2. The lowest BCUT2D eigenvalue weighted by atomic mass is 10.1. The molecule has 3 rings (SSSR count). The number of nitrogens with one attached hydrogen (secondary N) is 1. The van der Waals surface area contributed by atoms with Crippen molar-refractivity contribution in [3.63, 3.8) is 0 Å². The molecule has 0 radical (unpaired) electrons. The molecule has 2 heterocycles. The average Bonchev–Trinajstić information content (AvgIpc) is 2.73. The summed E-state index contributed by atoms with van der Waals surface area (Å²) < 4.78 is 1.31. The van der Waals surface area contributed by atoms with Crippen LogP contribution in [0.25, 0.3) is 10.2 Å². The maximum Gasteiger partial charge on any atom is 0.0907 e. The van der Waals surface area contributed by atoms with Gasteiger partial charge in [0.2, 0.25) is 0 Å². The zero-order chi connectivity index (χ0) is 13.4. The van der Waals surface area contributed by atoms with Gasteiger partial charge in [-0.3, -0.25) is 4.90 Å². The highest BCUT2D eigenvalue weighted by Crippen LogP contribution is 2.23. The zero-order valence-corrected chi connectivity index (χ0v) is 13.9. The lowest BCUT2D eigenvalue weighted by Gasteiger charge is -2.37. The summed E-state index contributed by atoms with van der Waals surface area (Å²) in [6.07, 6.45) is 0. The molecule has 0 bridgehead atoms. The topological polar surface area (TPSA) is 28.2 Å². The van der Waals surface area contributed by atoms with Crippen LogP contribution in [0.2, 0.25) is 0 Å². The van der Waals surface area contributed by atoms with Crippen molar-refractivity contribution in [3.05, 3.63) is 28.8 Å². The van der Waals surface area contributed by atoms with E-state index < -0.39 is 0 Å². The lowest BCUT2D eigenvalue weighted by molar-refractivity contribution is 0.139. The van der Waals surface area contributed by atoms with Gasteiger partial charge in [-0.1, -0.05) is 6.07 Å². The first-order valence-electron chi connectivity index (χ1n) is 6.95. The van der Waals surface area contributed by atoms with Crippen molar-refractivity contribution in [1.82, 2.24) is 15.2 Å². The lowest BCUT2D eigenvalue weighted by Crippen LogP contribution is -2.53. The van der Waals surface area contributed by atoms with Gasteiger partial charge < -0.3 is 5.32 Å². The molecule has 1 N–H and O–H groups in total. The van der Waals surface area contributed by atoms with E-state index in [0.29, 0.717) is 12.1 Å². The first-order chi connectivity index (χ1) is 9.11. The van der Waals surface area contributed by atoms with E-state index in [9.17, 15) is 0 Å². The van der Waals surface area contributed by atoms with Crippen LogP contribution in [0.3, 0.4) is 0 Å². The molecule has 3 nitrogen and oxygen atoms in total. The number of hydrogen-bond donors (Lipinski definition) is 1. The van der Waals surface area contributed by atoms with Crippen molar-refractivity contribution < 1.29 is 0 Å². The molecule has 1 aromatic carbocycles. The van der Waals surface area contributed by atoms with E-state index in [1.165, 1.54) is 10.3 Å². The zero-order valence-electron chi connectivity index (χ0n) is 12.2. The minimum Gasteiger partial charge on any atom is -0.311 e. The van der Waals surface area contributed by atoms with Gasteiger partial charge in [-0.2, -0.15) is 0 Å². The second-order valence-electron chi connectivity index (χ2n) is 5.62. The largest absolute Gasteiger partial charge is 0.311 e. The fourth-order valence-electron chi connectivity index (χ4n) is 2.73. The van der Waals surface area contributed by atoms with Gasteiger partial charge in [0.25, 0.3) is 0 Å². The molecule has 2 unspecified atom stereocenters. The van der Waals surface area contributed by atoms with Crippen LogP contribution in [0.4, 0.5) is 0 Å². The summed E-state index contributed by atoms with van der Waals surface area (Å²) in [4.78, 5) is 7.09. The van der Waals surface area contributed by atoms with Crippen LogP contribution >= 0.6 is 23.7 Å². The molecular weight excluding hydrogens is 290 g/mol. The molecule has 0 aliphatic carbocycles. The molecule has 1 aliphatic rings. The average molecular weight is 312 g/mol. The third kappa shape index (κ3) is 3.31. The monoisotopic (exact) mass is 311 g/mol. The Labute approximate surface area is 130 Å². The van der Waals surface area contributed by atoms with Gasteiger partial charge in [0.05, 0.1) is 15.2 Å². The quantitative estimate of drug-likeness (QED) is 0.923. The Kier molecular flexibility index (Phi) is 5.02. The summed E-state index contributed by atoms with van der Waals surface area (Å²) in [5, 5.41) is 4.68. The summed E-state index contributed by atoms with van der Waals surface area (Å²) in [6, 6.07) is 7.88. The van der Waals surface area contributed by atoms with Gasteiger partial charge in [-0.05, 0) is 38.5 Å². The van der Waals surface area contributed by atoms with Crippen molar-refractivity contribution in [1.29, 1.82) is 0 Å². The molecule has 1 aromatic heterocycles. The van der Waals surface area contributed by atoms with Crippen molar-refractivity contribution >= 4 is 34.0 Å². The van der Waals surface area contributed by atoms with Crippen LogP contribution in [0.15, 0.2) is 18.2 Å². The Morgan fingerprint density at radius 1 is 1.40 bits per heavy atom. The normalized spacial score (nSPS) is 23.8. The fourth-order valence-corrected chi connectivity index (χ4v) is 3.63. The molecule has 110 valence electrons. The number of aromatic nitrogens is 1. The predicted molar refractivity (Wildman–Crippen MR) is 88.9 cm³/mol. The maximum atomic E-state index is 4.52. The highest BCUT2D eigenvalue weighted by Gasteiger charge is 2.22. The van der Waals surface area contributed by atoms with Gasteiger partial charge in [-0.25, -0.2) is 4.98 Å². The van der Waals surface area contributed by atoms with Gasteiger partial charge in [-0.15, -0.1) is 23.7 Å². The van der Waals surface area contributed by atoms with Crippen molar-refractivity contribution in [3.8, 4) is 0 Å². The molecule has 0 spiro atoms. The van der Waals surface area contributed by atoms with Gasteiger partial charge in [0.1, 0.15) is 0 Å². The molecule has 2 aromatic rings. The molecule has 20 heavy (non-hydrogen) atoms. The van der Waals surface area contributed by atoms with Crippen molar-refractivity contribution in [2.24, 2.45) is 0 Å². The van der Waals surface area contributed by atoms with E-state index in [4.69, 9.17) is 0 Å². The van der Waals surface area contributed by atoms with E-state index in [-0.39, 0.29) is 12.4 Å². The van der Waals surface area contributed by atoms with Gasteiger partial charge in [0, 0.05) is 31.7 Å². The molecule has 1 fully saturated rings. The number of halogens is 1. The van der Waals surface area contributed by atoms with Crippen molar-refractivity contribution in [2.75, 3.05) is 13.1 Å². The van der Waals surface area contributed by atoms with E-state index >= 15 is 0 Å². The number of hydrogen-bond acceptors (Lipinski definition) is 4. The smallest absolute Gasteiger partial charge is 0.0907 e. The van der Waals surface area contributed by atoms with Crippen LogP contribution < -0.4 is 5.32 Å². The van der Waals surface area contributed by atoms with E-state index in [2.05, 4.69) is 54.2 Å². The van der Waals surface area contributed by atoms with Crippen LogP contribution in [0.5, 0.6) is 0 Å². The Morgan fingerprint density at radius 2 is 2.20 bits per heavy atom. The van der Waals surface area contributed by atoms with Crippen LogP contribution in [0.1, 0.15) is 24.4 Å². The van der Waals surface area contributed by atoms with Crippen LogP contribution in [0, 0.1) is 6.92 Å². The third-order valence-corrected chi connectivity index (χ3v) is 4.77. The Bertz CT molecular complexity index is 584. The molecule has 2 atom stereocenters. The SMILES string of the molecule is Cc1nc2ccc(CN3CC(C)NCC3C)cc2s1.Cl. The molecule has 5 heteroatoms. The first kappa shape index (κ1) is 15.7.